The lowest BCUT2D eigenvalue weighted by Crippen LogP contribution is -2.18. The van der Waals surface area contributed by atoms with Gasteiger partial charge in [0.15, 0.2) is 16.3 Å². The van der Waals surface area contributed by atoms with E-state index in [0.29, 0.717) is 22.8 Å². The Bertz CT molecular complexity index is 772. The summed E-state index contributed by atoms with van der Waals surface area (Å²) in [6.45, 7) is 8.02. The first-order valence-electron chi connectivity index (χ1n) is 6.96. The number of allylic oxidation sites excluding steroid dienone is 1. The van der Waals surface area contributed by atoms with Crippen molar-refractivity contribution in [3.8, 4) is 11.5 Å². The number of hydrogen-bond acceptors (Lipinski definition) is 4. The molecule has 1 aromatic carbocycles. The predicted octanol–water partition coefficient (Wildman–Crippen LogP) is 2.99. The summed E-state index contributed by atoms with van der Waals surface area (Å²) < 4.78 is 13.6. The molecule has 118 valence electrons. The summed E-state index contributed by atoms with van der Waals surface area (Å²) in [6, 6.07) is 3.80. The molecule has 0 N–H and O–H groups in total. The highest BCUT2D eigenvalue weighted by Crippen LogP contribution is 2.33. The summed E-state index contributed by atoms with van der Waals surface area (Å²) in [5, 5.41) is 0. The van der Waals surface area contributed by atoms with Gasteiger partial charge in [-0.3, -0.25) is 4.79 Å². The average Bonchev–Trinajstić information content (AvgIpc) is 2.82. The van der Waals surface area contributed by atoms with Gasteiger partial charge in [-0.15, -0.1) is 6.58 Å². The number of hydrogen-bond donors (Lipinski definition) is 0. The Balaban J connectivity index is 2.74. The van der Waals surface area contributed by atoms with E-state index in [1.54, 1.807) is 20.3 Å². The molecule has 0 bridgehead atoms. The van der Waals surface area contributed by atoms with Gasteiger partial charge in [-0.2, -0.15) is 4.99 Å². The van der Waals surface area contributed by atoms with E-state index in [9.17, 15) is 4.79 Å². The molecular weight excluding hydrogens is 300 g/mol. The fourth-order valence-corrected chi connectivity index (χ4v) is 3.07. The van der Waals surface area contributed by atoms with E-state index in [0.717, 1.165) is 10.2 Å². The van der Waals surface area contributed by atoms with Crippen molar-refractivity contribution < 1.29 is 14.3 Å². The Labute approximate surface area is 133 Å². The second kappa shape index (κ2) is 6.79. The number of rotatable bonds is 5. The van der Waals surface area contributed by atoms with Crippen LogP contribution in [0.25, 0.3) is 10.2 Å². The minimum absolute atomic E-state index is 0.133. The van der Waals surface area contributed by atoms with Crippen molar-refractivity contribution >= 4 is 27.5 Å². The first kappa shape index (κ1) is 16.3. The average molecular weight is 320 g/mol. The van der Waals surface area contributed by atoms with Crippen molar-refractivity contribution in [2.75, 3.05) is 14.2 Å². The topological polar surface area (TPSA) is 52.8 Å². The molecule has 1 amide bonds. The van der Waals surface area contributed by atoms with E-state index in [2.05, 4.69) is 11.6 Å². The molecule has 0 aliphatic heterocycles. The number of fused-ring (bicyclic) bond motifs is 1. The third kappa shape index (κ3) is 3.06. The standard InChI is InChI=1S/C16H20N2O3S/c1-6-7-18-11-8-12(20-4)13(21-5)9-14(11)22-16(18)17-15(19)10(2)3/h6,8-10H,1,7H2,2-5H3. The second-order valence-electron chi connectivity index (χ2n) is 5.06. The maximum atomic E-state index is 11.9. The van der Waals surface area contributed by atoms with Crippen LogP contribution in [0, 0.1) is 5.92 Å². The minimum atomic E-state index is -0.136. The summed E-state index contributed by atoms with van der Waals surface area (Å²) in [5.74, 6) is 1.03. The summed E-state index contributed by atoms with van der Waals surface area (Å²) in [4.78, 5) is 16.8. The van der Waals surface area contributed by atoms with E-state index in [-0.39, 0.29) is 11.8 Å². The van der Waals surface area contributed by atoms with Crippen molar-refractivity contribution in [2.24, 2.45) is 10.9 Å². The van der Waals surface area contributed by atoms with Gasteiger partial charge in [-0.25, -0.2) is 0 Å². The quantitative estimate of drug-likeness (QED) is 0.796. The van der Waals surface area contributed by atoms with Crippen molar-refractivity contribution in [3.05, 3.63) is 29.6 Å². The molecule has 2 rings (SSSR count). The van der Waals surface area contributed by atoms with E-state index in [1.807, 2.05) is 30.5 Å². The van der Waals surface area contributed by atoms with Crippen LogP contribution in [0.4, 0.5) is 0 Å². The fourth-order valence-electron chi connectivity index (χ4n) is 2.01. The lowest BCUT2D eigenvalue weighted by atomic mass is 10.2. The molecule has 0 saturated carbocycles. The zero-order chi connectivity index (χ0) is 16.3. The maximum absolute atomic E-state index is 11.9. The number of methoxy groups -OCH3 is 2. The number of carbonyl (C=O) groups is 1. The van der Waals surface area contributed by atoms with E-state index >= 15 is 0 Å². The molecule has 1 heterocycles. The van der Waals surface area contributed by atoms with E-state index in [1.165, 1.54) is 11.3 Å². The van der Waals surface area contributed by atoms with E-state index < -0.39 is 0 Å². The highest BCUT2D eigenvalue weighted by Gasteiger charge is 2.13. The number of amides is 1. The molecular formula is C16H20N2O3S. The van der Waals surface area contributed by atoms with Crippen LogP contribution >= 0.6 is 11.3 Å². The van der Waals surface area contributed by atoms with Crippen molar-refractivity contribution in [2.45, 2.75) is 20.4 Å². The summed E-state index contributed by atoms with van der Waals surface area (Å²) in [6.07, 6.45) is 1.78. The molecule has 2 aromatic rings. The van der Waals surface area contributed by atoms with Crippen LogP contribution in [0.5, 0.6) is 11.5 Å². The maximum Gasteiger partial charge on any atom is 0.250 e. The van der Waals surface area contributed by atoms with Gasteiger partial charge in [-0.1, -0.05) is 31.3 Å². The van der Waals surface area contributed by atoms with Crippen LogP contribution in [0.2, 0.25) is 0 Å². The van der Waals surface area contributed by atoms with Gasteiger partial charge in [0, 0.05) is 24.6 Å². The van der Waals surface area contributed by atoms with Crippen LogP contribution in [-0.2, 0) is 11.3 Å². The number of thiazole rings is 1. The van der Waals surface area contributed by atoms with E-state index in [4.69, 9.17) is 9.47 Å². The molecule has 0 aliphatic carbocycles. The molecule has 0 atom stereocenters. The first-order valence-corrected chi connectivity index (χ1v) is 7.78. The Morgan fingerprint density at radius 1 is 1.36 bits per heavy atom. The van der Waals surface area contributed by atoms with Gasteiger partial charge < -0.3 is 14.0 Å². The monoisotopic (exact) mass is 320 g/mol. The largest absolute Gasteiger partial charge is 0.493 e. The van der Waals surface area contributed by atoms with Gasteiger partial charge in [-0.05, 0) is 0 Å². The van der Waals surface area contributed by atoms with Crippen LogP contribution in [0.3, 0.4) is 0 Å². The SMILES string of the molecule is C=CCn1c(=NC(=O)C(C)C)sc2cc(OC)c(OC)cc21. The Morgan fingerprint density at radius 2 is 2.00 bits per heavy atom. The first-order chi connectivity index (χ1) is 10.5. The molecule has 5 nitrogen and oxygen atoms in total. The van der Waals surface area contributed by atoms with Crippen LogP contribution < -0.4 is 14.3 Å². The lowest BCUT2D eigenvalue weighted by molar-refractivity contribution is -0.120. The highest BCUT2D eigenvalue weighted by molar-refractivity contribution is 7.16. The molecule has 22 heavy (non-hydrogen) atoms. The fraction of sp³-hybridized carbons (Fsp3) is 0.375. The van der Waals surface area contributed by atoms with Gasteiger partial charge in [0.2, 0.25) is 0 Å². The summed E-state index contributed by atoms with van der Waals surface area (Å²) in [7, 11) is 3.20. The Kier molecular flexibility index (Phi) is 5.03. The van der Waals surface area contributed by atoms with Crippen molar-refractivity contribution in [1.82, 2.24) is 4.57 Å². The molecule has 0 radical (unpaired) electrons. The Morgan fingerprint density at radius 3 is 2.55 bits per heavy atom. The molecule has 0 saturated heterocycles. The number of nitrogens with zero attached hydrogens (tertiary/aromatic N) is 2. The number of benzene rings is 1. The number of carbonyl (C=O) groups excluding carboxylic acids is 1. The van der Waals surface area contributed by atoms with Gasteiger partial charge in [0.1, 0.15) is 0 Å². The zero-order valence-corrected chi connectivity index (χ0v) is 14.1. The normalized spacial score (nSPS) is 12.0. The Hall–Kier alpha value is -2.08. The smallest absolute Gasteiger partial charge is 0.250 e. The molecule has 0 aliphatic rings. The third-order valence-corrected chi connectivity index (χ3v) is 4.24. The van der Waals surface area contributed by atoms with Crippen LogP contribution in [0.1, 0.15) is 13.8 Å². The third-order valence-electron chi connectivity index (χ3n) is 3.20. The molecule has 0 unspecified atom stereocenters. The van der Waals surface area contributed by atoms with Crippen molar-refractivity contribution in [3.63, 3.8) is 0 Å². The van der Waals surface area contributed by atoms with Gasteiger partial charge in [0.05, 0.1) is 24.4 Å². The molecule has 0 fully saturated rings. The summed E-state index contributed by atoms with van der Waals surface area (Å²) in [5.41, 5.74) is 0.942. The molecule has 6 heteroatoms. The second-order valence-corrected chi connectivity index (χ2v) is 6.07. The molecule has 1 aromatic heterocycles. The number of ether oxygens (including phenoxy) is 2. The van der Waals surface area contributed by atoms with Gasteiger partial charge in [0.25, 0.3) is 5.91 Å². The highest BCUT2D eigenvalue weighted by atomic mass is 32.1. The molecule has 0 spiro atoms. The van der Waals surface area contributed by atoms with Crippen LogP contribution in [0.15, 0.2) is 29.8 Å². The lowest BCUT2D eigenvalue weighted by Gasteiger charge is -2.08. The van der Waals surface area contributed by atoms with Crippen LogP contribution in [-0.4, -0.2) is 24.7 Å². The number of aromatic nitrogens is 1. The predicted molar refractivity (Wildman–Crippen MR) is 88.5 cm³/mol. The minimum Gasteiger partial charge on any atom is -0.493 e. The summed E-state index contributed by atoms with van der Waals surface area (Å²) >= 11 is 1.45. The van der Waals surface area contributed by atoms with Gasteiger partial charge >= 0.3 is 0 Å². The zero-order valence-electron chi connectivity index (χ0n) is 13.3. The van der Waals surface area contributed by atoms with Crippen molar-refractivity contribution in [1.29, 1.82) is 0 Å².